The number of piperidine rings is 1. The highest BCUT2D eigenvalue weighted by atomic mass is 19.2. The Morgan fingerprint density at radius 3 is 2.43 bits per heavy atom. The lowest BCUT2D eigenvalue weighted by Gasteiger charge is -2.37. The van der Waals surface area contributed by atoms with Gasteiger partial charge in [-0.25, -0.2) is 8.78 Å². The third-order valence-electron chi connectivity index (χ3n) is 4.77. The molecule has 0 aromatic heterocycles. The Balaban J connectivity index is 1.60. The van der Waals surface area contributed by atoms with E-state index >= 15 is 0 Å². The first-order chi connectivity index (χ1) is 10.2. The molecular weight excluding hydrogens is 270 g/mol. The summed E-state index contributed by atoms with van der Waals surface area (Å²) in [5, 5.41) is 3.77. The molecule has 3 rings (SSSR count). The van der Waals surface area contributed by atoms with Crippen LogP contribution < -0.4 is 10.2 Å². The lowest BCUT2D eigenvalue weighted by molar-refractivity contribution is 0.312. The Kier molecular flexibility index (Phi) is 4.73. The number of anilines is 1. The van der Waals surface area contributed by atoms with Crippen LogP contribution in [-0.4, -0.2) is 25.2 Å². The molecule has 1 aromatic carbocycles. The predicted molar refractivity (Wildman–Crippen MR) is 81.6 cm³/mol. The summed E-state index contributed by atoms with van der Waals surface area (Å²) in [6, 6.07) is 5.34. The molecule has 2 nitrogen and oxygen atoms in total. The van der Waals surface area contributed by atoms with Crippen molar-refractivity contribution in [3.05, 3.63) is 29.8 Å². The summed E-state index contributed by atoms with van der Waals surface area (Å²) in [5.74, 6) is -1.53. The van der Waals surface area contributed by atoms with Gasteiger partial charge in [0.25, 0.3) is 0 Å². The number of hydrogen-bond acceptors (Lipinski definition) is 2. The molecule has 1 saturated heterocycles. The predicted octanol–water partition coefficient (Wildman–Crippen LogP) is 3.86. The molecule has 4 heteroatoms. The second kappa shape index (κ2) is 6.73. The third kappa shape index (κ3) is 3.73. The van der Waals surface area contributed by atoms with Crippen LogP contribution >= 0.6 is 0 Å². The van der Waals surface area contributed by atoms with Crippen LogP contribution in [0.5, 0.6) is 0 Å². The van der Waals surface area contributed by atoms with Gasteiger partial charge in [0.1, 0.15) is 0 Å². The first kappa shape index (κ1) is 14.8. The smallest absolute Gasteiger partial charge is 0.160 e. The fraction of sp³-hybridized carbons (Fsp3) is 0.647. The van der Waals surface area contributed by atoms with Crippen molar-refractivity contribution in [1.82, 2.24) is 5.32 Å². The monoisotopic (exact) mass is 294 g/mol. The number of nitrogens with one attached hydrogen (secondary N) is 1. The van der Waals surface area contributed by atoms with Crippen LogP contribution in [0.1, 0.15) is 44.9 Å². The van der Waals surface area contributed by atoms with E-state index in [1.165, 1.54) is 50.7 Å². The zero-order valence-corrected chi connectivity index (χ0v) is 12.5. The highest BCUT2D eigenvalue weighted by Crippen LogP contribution is 2.24. The van der Waals surface area contributed by atoms with Gasteiger partial charge in [0, 0.05) is 36.9 Å². The van der Waals surface area contributed by atoms with Crippen molar-refractivity contribution in [2.24, 2.45) is 0 Å². The summed E-state index contributed by atoms with van der Waals surface area (Å²) in [6.07, 6.45) is 8.86. The first-order valence-corrected chi connectivity index (χ1v) is 8.18. The van der Waals surface area contributed by atoms with Gasteiger partial charge >= 0.3 is 0 Å². The van der Waals surface area contributed by atoms with Crippen LogP contribution in [0.3, 0.4) is 0 Å². The van der Waals surface area contributed by atoms with Gasteiger partial charge in [-0.05, 0) is 37.8 Å². The SMILES string of the molecule is Fc1ccc(N2CCCC(NC3CCCCC3)C2)cc1F. The van der Waals surface area contributed by atoms with Crippen LogP contribution in [0.25, 0.3) is 0 Å². The topological polar surface area (TPSA) is 15.3 Å². The minimum Gasteiger partial charge on any atom is -0.370 e. The standard InChI is InChI=1S/C17H24F2N2/c18-16-9-8-15(11-17(16)19)21-10-4-7-14(12-21)20-13-5-2-1-3-6-13/h8-9,11,13-14,20H,1-7,10,12H2. The summed E-state index contributed by atoms with van der Waals surface area (Å²) >= 11 is 0. The van der Waals surface area contributed by atoms with E-state index in [9.17, 15) is 8.78 Å². The third-order valence-corrected chi connectivity index (χ3v) is 4.77. The molecule has 21 heavy (non-hydrogen) atoms. The molecule has 1 heterocycles. The molecule has 1 aliphatic heterocycles. The molecule has 2 fully saturated rings. The zero-order chi connectivity index (χ0) is 14.7. The molecular formula is C17H24F2N2. The molecule has 2 aliphatic rings. The van der Waals surface area contributed by atoms with E-state index in [1.54, 1.807) is 6.07 Å². The summed E-state index contributed by atoms with van der Waals surface area (Å²) < 4.78 is 26.4. The van der Waals surface area contributed by atoms with Crippen LogP contribution in [0, 0.1) is 11.6 Å². The molecule has 1 unspecified atom stereocenters. The fourth-order valence-corrected chi connectivity index (χ4v) is 3.63. The molecule has 1 saturated carbocycles. The van der Waals surface area contributed by atoms with Crippen molar-refractivity contribution in [3.8, 4) is 0 Å². The van der Waals surface area contributed by atoms with E-state index in [0.717, 1.165) is 25.2 Å². The quantitative estimate of drug-likeness (QED) is 0.910. The van der Waals surface area contributed by atoms with Gasteiger partial charge in [0.2, 0.25) is 0 Å². The Bertz CT molecular complexity index is 472. The lowest BCUT2D eigenvalue weighted by Crippen LogP contribution is -2.49. The Labute approximate surface area is 125 Å². The zero-order valence-electron chi connectivity index (χ0n) is 12.5. The molecule has 0 amide bonds. The number of hydrogen-bond donors (Lipinski definition) is 1. The van der Waals surface area contributed by atoms with E-state index in [4.69, 9.17) is 0 Å². The van der Waals surface area contributed by atoms with Gasteiger partial charge in [-0.1, -0.05) is 19.3 Å². The van der Waals surface area contributed by atoms with Gasteiger partial charge < -0.3 is 10.2 Å². The van der Waals surface area contributed by atoms with E-state index in [0.29, 0.717) is 12.1 Å². The minimum atomic E-state index is -0.771. The average Bonchev–Trinajstić information content (AvgIpc) is 2.51. The van der Waals surface area contributed by atoms with E-state index in [-0.39, 0.29) is 0 Å². The van der Waals surface area contributed by atoms with E-state index < -0.39 is 11.6 Å². The lowest BCUT2D eigenvalue weighted by atomic mass is 9.93. The summed E-state index contributed by atoms with van der Waals surface area (Å²) in [7, 11) is 0. The average molecular weight is 294 g/mol. The Morgan fingerprint density at radius 2 is 1.67 bits per heavy atom. The molecule has 0 bridgehead atoms. The molecule has 0 radical (unpaired) electrons. The maximum atomic E-state index is 13.4. The molecule has 1 aromatic rings. The van der Waals surface area contributed by atoms with Crippen LogP contribution in [0.2, 0.25) is 0 Å². The van der Waals surface area contributed by atoms with Crippen LogP contribution in [-0.2, 0) is 0 Å². The van der Waals surface area contributed by atoms with Crippen LogP contribution in [0.15, 0.2) is 18.2 Å². The number of rotatable bonds is 3. The summed E-state index contributed by atoms with van der Waals surface area (Å²) in [6.45, 7) is 1.81. The van der Waals surface area contributed by atoms with Crippen molar-refractivity contribution in [2.75, 3.05) is 18.0 Å². The van der Waals surface area contributed by atoms with Crippen molar-refractivity contribution >= 4 is 5.69 Å². The molecule has 1 aliphatic carbocycles. The molecule has 1 N–H and O–H groups in total. The Hall–Kier alpha value is -1.16. The van der Waals surface area contributed by atoms with Gasteiger partial charge in [-0.3, -0.25) is 0 Å². The molecule has 0 spiro atoms. The maximum Gasteiger partial charge on any atom is 0.160 e. The molecule has 1 atom stereocenters. The minimum absolute atomic E-state index is 0.468. The van der Waals surface area contributed by atoms with Gasteiger partial charge in [0.05, 0.1) is 0 Å². The maximum absolute atomic E-state index is 13.4. The van der Waals surface area contributed by atoms with Crippen molar-refractivity contribution < 1.29 is 8.78 Å². The Morgan fingerprint density at radius 1 is 0.905 bits per heavy atom. The normalized spacial score (nSPS) is 24.3. The van der Waals surface area contributed by atoms with Crippen molar-refractivity contribution in [1.29, 1.82) is 0 Å². The second-order valence-corrected chi connectivity index (χ2v) is 6.39. The second-order valence-electron chi connectivity index (χ2n) is 6.39. The highest BCUT2D eigenvalue weighted by molar-refractivity contribution is 5.47. The number of halogens is 2. The van der Waals surface area contributed by atoms with Crippen LogP contribution in [0.4, 0.5) is 14.5 Å². The van der Waals surface area contributed by atoms with E-state index in [1.807, 2.05) is 0 Å². The largest absolute Gasteiger partial charge is 0.370 e. The van der Waals surface area contributed by atoms with Gasteiger partial charge in [-0.15, -0.1) is 0 Å². The summed E-state index contributed by atoms with van der Waals surface area (Å²) in [4.78, 5) is 2.17. The molecule has 116 valence electrons. The van der Waals surface area contributed by atoms with Gasteiger partial charge in [-0.2, -0.15) is 0 Å². The van der Waals surface area contributed by atoms with Crippen molar-refractivity contribution in [2.45, 2.75) is 57.0 Å². The summed E-state index contributed by atoms with van der Waals surface area (Å²) in [5.41, 5.74) is 0.795. The van der Waals surface area contributed by atoms with E-state index in [2.05, 4.69) is 10.2 Å². The fourth-order valence-electron chi connectivity index (χ4n) is 3.63. The number of nitrogens with zero attached hydrogens (tertiary/aromatic N) is 1. The van der Waals surface area contributed by atoms with Crippen molar-refractivity contribution in [3.63, 3.8) is 0 Å². The number of benzene rings is 1. The highest BCUT2D eigenvalue weighted by Gasteiger charge is 2.24. The first-order valence-electron chi connectivity index (χ1n) is 8.18. The van der Waals surface area contributed by atoms with Gasteiger partial charge in [0.15, 0.2) is 11.6 Å².